The van der Waals surface area contributed by atoms with Crippen molar-refractivity contribution >= 4 is 65.8 Å². The molecule has 7 nitrogen and oxygen atoms in total. The van der Waals surface area contributed by atoms with Gasteiger partial charge in [0.2, 0.25) is 6.41 Å². The number of primary amides is 1. The first-order valence-corrected chi connectivity index (χ1v) is 12.8. The minimum atomic E-state index is -1.50. The first kappa shape index (κ1) is 30.5. The van der Waals surface area contributed by atoms with Gasteiger partial charge < -0.3 is 16.6 Å². The van der Waals surface area contributed by atoms with E-state index in [2.05, 4.69) is 16.8 Å². The van der Waals surface area contributed by atoms with Crippen LogP contribution in [0.3, 0.4) is 0 Å². The summed E-state index contributed by atoms with van der Waals surface area (Å²) >= 11 is 1.16. The molecule has 0 saturated heterocycles. The number of nitrogens with zero attached hydrogens (tertiary/aromatic N) is 1. The number of carbonyl (C=O) groups excluding carboxylic acids is 1. The number of hydrogen-bond donors (Lipinski definition) is 4. The number of aromatic nitrogens is 1. The first-order valence-electron chi connectivity index (χ1n) is 10.8. The average Bonchev–Trinajstić information content (AvgIpc) is 3.41. The number of thiazole rings is 1. The normalized spacial score (nSPS) is 17.4. The van der Waals surface area contributed by atoms with Crippen molar-refractivity contribution in [3.63, 3.8) is 0 Å². The van der Waals surface area contributed by atoms with E-state index >= 15 is 0 Å². The SMILES string of the molecule is CC.CC(C)(O)c1ncc(S(N)=O)s1.NC=O.[B]C1([B])CCc2cc3c(c(N)c21)C([B])([B])CC3. The van der Waals surface area contributed by atoms with E-state index in [1.807, 2.05) is 13.8 Å². The molecule has 1 amide bonds. The minimum Gasteiger partial charge on any atom is -0.398 e. The number of fused-ring (bicyclic) bond motifs is 2. The molecule has 0 fully saturated rings. The zero-order valence-electron chi connectivity index (χ0n) is 20.1. The summed E-state index contributed by atoms with van der Waals surface area (Å²) in [6.45, 7) is 7.24. The van der Waals surface area contributed by atoms with E-state index in [1.54, 1.807) is 13.8 Å². The van der Waals surface area contributed by atoms with Gasteiger partial charge in [0.25, 0.3) is 0 Å². The molecule has 1 aromatic heterocycles. The van der Waals surface area contributed by atoms with Crippen molar-refractivity contribution in [1.29, 1.82) is 0 Å². The van der Waals surface area contributed by atoms with E-state index in [0.717, 1.165) is 59.3 Å². The Balaban J connectivity index is 0.000000299. The molecule has 34 heavy (non-hydrogen) atoms. The lowest BCUT2D eigenvalue weighted by Crippen LogP contribution is -2.29. The Kier molecular flexibility index (Phi) is 10.7. The van der Waals surface area contributed by atoms with E-state index in [-0.39, 0.29) is 6.41 Å². The Morgan fingerprint density at radius 2 is 1.53 bits per heavy atom. The third-order valence-corrected chi connectivity index (χ3v) is 7.63. The maximum Gasteiger partial charge on any atom is 0.204 e. The van der Waals surface area contributed by atoms with Crippen LogP contribution in [0.2, 0.25) is 0 Å². The molecule has 0 saturated carbocycles. The molecule has 1 aromatic carbocycles. The zero-order valence-corrected chi connectivity index (χ0v) is 21.8. The Labute approximate surface area is 214 Å². The van der Waals surface area contributed by atoms with Gasteiger partial charge in [-0.1, -0.05) is 43.2 Å². The lowest BCUT2D eigenvalue weighted by Gasteiger charge is -2.28. The maximum atomic E-state index is 10.8. The second-order valence-corrected chi connectivity index (χ2v) is 10.7. The van der Waals surface area contributed by atoms with Crippen LogP contribution in [-0.4, -0.2) is 52.1 Å². The Morgan fingerprint density at radius 3 is 1.82 bits per heavy atom. The molecular weight excluding hydrogens is 464 g/mol. The van der Waals surface area contributed by atoms with Gasteiger partial charge in [-0.2, -0.15) is 0 Å². The van der Waals surface area contributed by atoms with Crippen LogP contribution in [0.15, 0.2) is 16.5 Å². The maximum absolute atomic E-state index is 10.8. The predicted octanol–water partition coefficient (Wildman–Crippen LogP) is 0.620. The third kappa shape index (κ3) is 6.99. The number of hydrogen-bond acceptors (Lipinski definition) is 6. The topological polar surface area (TPSA) is 145 Å². The molecule has 4 rings (SSSR count). The molecule has 0 spiro atoms. The van der Waals surface area contributed by atoms with Crippen LogP contribution in [0.5, 0.6) is 0 Å². The number of amides is 1. The zero-order chi connectivity index (χ0) is 26.5. The minimum absolute atomic E-state index is 0.250. The highest BCUT2D eigenvalue weighted by atomic mass is 32.2. The van der Waals surface area contributed by atoms with Gasteiger partial charge >= 0.3 is 0 Å². The summed E-state index contributed by atoms with van der Waals surface area (Å²) in [5.41, 5.74) is 14.0. The van der Waals surface area contributed by atoms with Gasteiger partial charge in [-0.25, -0.2) is 14.3 Å². The molecule has 1 heterocycles. The number of aryl methyl sites for hydroxylation is 2. The van der Waals surface area contributed by atoms with Gasteiger partial charge in [0.1, 0.15) is 25.8 Å². The molecule has 1 atom stereocenters. The second kappa shape index (κ2) is 11.9. The third-order valence-electron chi connectivity index (χ3n) is 5.28. The van der Waals surface area contributed by atoms with Crippen LogP contribution in [-0.2, 0) is 44.7 Å². The molecule has 2 aliphatic rings. The van der Waals surface area contributed by atoms with Gasteiger partial charge in [0.15, 0.2) is 0 Å². The standard InChI is InChI=1S/C12H11B4N.C6H10N2O2S2.C2H6.CH3NO/c13-11(14)3-1-6-5-7-2-4-12(15,16)9(7)10(17)8(6)11;1-6(2,9)5-8-3-4(11-5)12(7)10;1-2;2-1-3/h5H,1-4,17H2;3,9H,7H2,1-2H3;1-2H3;1H,(H2,2,3). The summed E-state index contributed by atoms with van der Waals surface area (Å²) in [5.74, 6) is 0. The molecule has 0 bridgehead atoms. The Bertz CT molecular complexity index is 982. The summed E-state index contributed by atoms with van der Waals surface area (Å²) in [6, 6.07) is 2.13. The van der Waals surface area contributed by atoms with Gasteiger partial charge in [0.05, 0.1) is 37.6 Å². The van der Waals surface area contributed by atoms with Crippen molar-refractivity contribution in [2.24, 2.45) is 10.9 Å². The fraction of sp³-hybridized carbons (Fsp3) is 0.524. The number of carbonyl (C=O) groups is 1. The molecule has 0 aliphatic heterocycles. The van der Waals surface area contributed by atoms with E-state index in [4.69, 9.17) is 47.1 Å². The van der Waals surface area contributed by atoms with E-state index < -0.39 is 27.0 Å². The molecule has 2 aliphatic carbocycles. The number of nitrogen functional groups attached to an aromatic ring is 1. The van der Waals surface area contributed by atoms with Gasteiger partial charge in [-0.3, -0.25) is 4.79 Å². The molecule has 1 unspecified atom stereocenters. The summed E-state index contributed by atoms with van der Waals surface area (Å²) in [6.07, 6.45) is 4.87. The van der Waals surface area contributed by atoms with Crippen molar-refractivity contribution in [2.45, 2.75) is 73.6 Å². The van der Waals surface area contributed by atoms with Crippen LogP contribution in [0.25, 0.3) is 0 Å². The molecule has 13 heteroatoms. The fourth-order valence-electron chi connectivity index (χ4n) is 3.89. The van der Waals surface area contributed by atoms with Crippen molar-refractivity contribution in [1.82, 2.24) is 4.98 Å². The number of nitrogens with two attached hydrogens (primary N) is 3. The Hall–Kier alpha value is -1.55. The highest BCUT2D eigenvalue weighted by Crippen LogP contribution is 2.47. The van der Waals surface area contributed by atoms with Crippen molar-refractivity contribution in [3.05, 3.63) is 39.5 Å². The molecular formula is C21H30B4N4O3S2. The van der Waals surface area contributed by atoms with E-state index in [9.17, 15) is 9.32 Å². The van der Waals surface area contributed by atoms with Gasteiger partial charge in [-0.15, -0.1) is 11.3 Å². The van der Waals surface area contributed by atoms with E-state index in [1.165, 1.54) is 6.20 Å². The van der Waals surface area contributed by atoms with Crippen LogP contribution in [0, 0.1) is 0 Å². The molecule has 8 radical (unpaired) electrons. The summed E-state index contributed by atoms with van der Waals surface area (Å²) in [5, 5.41) is 13.5. The first-order chi connectivity index (χ1) is 15.7. The largest absolute Gasteiger partial charge is 0.398 e. The highest BCUT2D eigenvalue weighted by Gasteiger charge is 2.38. The summed E-state index contributed by atoms with van der Waals surface area (Å²) < 4.78 is 11.2. The van der Waals surface area contributed by atoms with Gasteiger partial charge in [0, 0.05) is 5.69 Å². The number of rotatable bonds is 2. The molecule has 2 aromatic rings. The average molecular weight is 494 g/mol. The van der Waals surface area contributed by atoms with Crippen LogP contribution >= 0.6 is 11.3 Å². The van der Waals surface area contributed by atoms with Crippen LogP contribution in [0.1, 0.15) is 67.8 Å². The predicted molar refractivity (Wildman–Crippen MR) is 143 cm³/mol. The summed E-state index contributed by atoms with van der Waals surface area (Å²) in [7, 11) is 22.9. The van der Waals surface area contributed by atoms with Crippen molar-refractivity contribution in [2.75, 3.05) is 5.73 Å². The second-order valence-electron chi connectivity index (χ2n) is 8.42. The fourth-order valence-corrected chi connectivity index (χ4v) is 5.26. The van der Waals surface area contributed by atoms with Crippen LogP contribution < -0.4 is 16.6 Å². The number of benzene rings is 1. The van der Waals surface area contributed by atoms with Crippen LogP contribution in [0.4, 0.5) is 5.69 Å². The smallest absolute Gasteiger partial charge is 0.204 e. The summed E-state index contributed by atoms with van der Waals surface area (Å²) in [4.78, 5) is 12.5. The Morgan fingerprint density at radius 1 is 1.12 bits per heavy atom. The lowest BCUT2D eigenvalue weighted by atomic mass is 9.48. The molecule has 176 valence electrons. The monoisotopic (exact) mass is 494 g/mol. The molecule has 7 N–H and O–H groups in total. The van der Waals surface area contributed by atoms with Gasteiger partial charge in [-0.05, 0) is 48.9 Å². The number of aliphatic hydroxyl groups is 1. The number of anilines is 1. The lowest BCUT2D eigenvalue weighted by molar-refractivity contribution is -0.106. The van der Waals surface area contributed by atoms with E-state index in [0.29, 0.717) is 14.9 Å². The van der Waals surface area contributed by atoms with Crippen molar-refractivity contribution in [3.8, 4) is 0 Å². The quantitative estimate of drug-likeness (QED) is 0.275. The highest BCUT2D eigenvalue weighted by molar-refractivity contribution is 7.85. The van der Waals surface area contributed by atoms with Crippen molar-refractivity contribution < 1.29 is 14.1 Å².